The molecule has 0 bridgehead atoms. The van der Waals surface area contributed by atoms with Gasteiger partial charge in [0.1, 0.15) is 34.2 Å². The number of hydrogen-bond acceptors (Lipinski definition) is 6. The molecule has 4 aromatic rings. The molecule has 0 fully saturated rings. The number of methoxy groups -OCH3 is 2. The number of rotatable bonds is 6. The second-order valence-corrected chi connectivity index (χ2v) is 6.82. The van der Waals surface area contributed by atoms with Crippen molar-refractivity contribution < 1.29 is 9.47 Å². The van der Waals surface area contributed by atoms with Crippen LogP contribution in [0.2, 0.25) is 0 Å². The molecule has 0 saturated carbocycles. The molecule has 156 valence electrons. The number of aryl methyl sites for hydroxylation is 1. The Labute approximate surface area is 179 Å². The van der Waals surface area contributed by atoms with E-state index in [1.54, 1.807) is 20.4 Å². The van der Waals surface area contributed by atoms with Crippen LogP contribution in [0.4, 0.5) is 17.2 Å². The number of pyridine rings is 1. The highest BCUT2D eigenvalue weighted by molar-refractivity contribution is 5.90. The van der Waals surface area contributed by atoms with Crippen LogP contribution in [0.15, 0.2) is 76.6 Å². The maximum absolute atomic E-state index is 13.4. The third-order valence-corrected chi connectivity index (χ3v) is 4.86. The number of nitrogens with one attached hydrogen (secondary N) is 1. The van der Waals surface area contributed by atoms with Gasteiger partial charge in [-0.3, -0.25) is 14.2 Å². The van der Waals surface area contributed by atoms with Crippen molar-refractivity contribution >= 4 is 29.1 Å². The van der Waals surface area contributed by atoms with Crippen molar-refractivity contribution in [1.82, 2.24) is 9.38 Å². The van der Waals surface area contributed by atoms with Gasteiger partial charge in [-0.2, -0.15) is 0 Å². The van der Waals surface area contributed by atoms with Crippen LogP contribution >= 0.6 is 0 Å². The fourth-order valence-electron chi connectivity index (χ4n) is 3.27. The number of fused-ring (bicyclic) bond motifs is 1. The summed E-state index contributed by atoms with van der Waals surface area (Å²) in [5.74, 6) is 1.65. The summed E-state index contributed by atoms with van der Waals surface area (Å²) in [7, 11) is 3.18. The molecule has 0 spiro atoms. The summed E-state index contributed by atoms with van der Waals surface area (Å²) < 4.78 is 12.3. The van der Waals surface area contributed by atoms with Gasteiger partial charge in [0.15, 0.2) is 0 Å². The minimum atomic E-state index is -0.232. The Morgan fingerprint density at radius 3 is 2.45 bits per heavy atom. The van der Waals surface area contributed by atoms with Crippen LogP contribution in [-0.4, -0.2) is 29.8 Å². The van der Waals surface area contributed by atoms with Crippen LogP contribution in [0.1, 0.15) is 11.1 Å². The number of para-hydroxylation sites is 4. The number of benzene rings is 2. The lowest BCUT2D eigenvalue weighted by Crippen LogP contribution is -2.22. The molecule has 0 saturated heterocycles. The average molecular weight is 414 g/mol. The average Bonchev–Trinajstić information content (AvgIpc) is 2.80. The second-order valence-electron chi connectivity index (χ2n) is 6.82. The van der Waals surface area contributed by atoms with E-state index in [1.165, 1.54) is 10.6 Å². The van der Waals surface area contributed by atoms with E-state index in [1.807, 2.05) is 67.6 Å². The maximum Gasteiger partial charge on any atom is 0.268 e. The highest BCUT2D eigenvalue weighted by Gasteiger charge is 2.14. The first-order valence-electron chi connectivity index (χ1n) is 9.71. The Balaban J connectivity index is 1.90. The SMILES string of the molecule is COc1ccccc1N=Cc1c(Nc2ccccc2OC)nc2c(C)cccn2c1=O. The predicted molar refractivity (Wildman–Crippen MR) is 123 cm³/mol. The summed E-state index contributed by atoms with van der Waals surface area (Å²) in [4.78, 5) is 22.6. The van der Waals surface area contributed by atoms with Crippen molar-refractivity contribution in [1.29, 1.82) is 0 Å². The molecule has 0 amide bonds. The van der Waals surface area contributed by atoms with Gasteiger partial charge in [-0.05, 0) is 42.8 Å². The first-order valence-corrected chi connectivity index (χ1v) is 9.71. The number of nitrogens with zero attached hydrogens (tertiary/aromatic N) is 3. The molecule has 0 aliphatic carbocycles. The number of aromatic nitrogens is 2. The van der Waals surface area contributed by atoms with Gasteiger partial charge in [0.25, 0.3) is 5.56 Å². The zero-order valence-corrected chi connectivity index (χ0v) is 17.5. The van der Waals surface area contributed by atoms with Crippen LogP contribution in [0.25, 0.3) is 5.65 Å². The number of aliphatic imine (C=N–C) groups is 1. The van der Waals surface area contributed by atoms with Crippen LogP contribution in [0.3, 0.4) is 0 Å². The van der Waals surface area contributed by atoms with E-state index in [2.05, 4.69) is 10.3 Å². The fourth-order valence-corrected chi connectivity index (χ4v) is 3.27. The molecule has 2 aromatic heterocycles. The molecule has 4 rings (SSSR count). The van der Waals surface area contributed by atoms with Crippen molar-refractivity contribution in [2.75, 3.05) is 19.5 Å². The quantitative estimate of drug-likeness (QED) is 0.470. The Morgan fingerprint density at radius 2 is 1.68 bits per heavy atom. The summed E-state index contributed by atoms with van der Waals surface area (Å²) in [5, 5.41) is 3.25. The van der Waals surface area contributed by atoms with E-state index in [-0.39, 0.29) is 5.56 Å². The van der Waals surface area contributed by atoms with Crippen LogP contribution in [-0.2, 0) is 0 Å². The van der Waals surface area contributed by atoms with Crippen LogP contribution < -0.4 is 20.3 Å². The van der Waals surface area contributed by atoms with Gasteiger partial charge in [-0.25, -0.2) is 4.98 Å². The summed E-state index contributed by atoms with van der Waals surface area (Å²) in [6, 6.07) is 18.5. The standard InChI is InChI=1S/C24H22N4O3/c1-16-9-8-14-28-23(16)27-22(26-19-11-5-7-13-21(19)31-3)17(24(28)29)15-25-18-10-4-6-12-20(18)30-2/h4-15,26H,1-3H3. The van der Waals surface area contributed by atoms with E-state index < -0.39 is 0 Å². The minimum absolute atomic E-state index is 0.232. The molecule has 0 atom stereocenters. The van der Waals surface area contributed by atoms with Crippen molar-refractivity contribution in [3.05, 3.63) is 88.3 Å². The van der Waals surface area contributed by atoms with Crippen molar-refractivity contribution in [2.45, 2.75) is 6.92 Å². The van der Waals surface area contributed by atoms with E-state index in [4.69, 9.17) is 14.5 Å². The maximum atomic E-state index is 13.4. The highest BCUT2D eigenvalue weighted by Crippen LogP contribution is 2.29. The van der Waals surface area contributed by atoms with Gasteiger partial charge >= 0.3 is 0 Å². The van der Waals surface area contributed by atoms with Crippen molar-refractivity contribution in [3.63, 3.8) is 0 Å². The van der Waals surface area contributed by atoms with Gasteiger partial charge in [-0.15, -0.1) is 0 Å². The van der Waals surface area contributed by atoms with Gasteiger partial charge in [0.2, 0.25) is 0 Å². The Hall–Kier alpha value is -4.13. The molecule has 0 aliphatic rings. The fraction of sp³-hybridized carbons (Fsp3) is 0.125. The molecule has 0 aliphatic heterocycles. The molecular weight excluding hydrogens is 392 g/mol. The molecule has 2 heterocycles. The lowest BCUT2D eigenvalue weighted by molar-refractivity contribution is 0.416. The molecule has 1 N–H and O–H groups in total. The lowest BCUT2D eigenvalue weighted by Gasteiger charge is -2.14. The van der Waals surface area contributed by atoms with E-state index >= 15 is 0 Å². The van der Waals surface area contributed by atoms with Crippen LogP contribution in [0.5, 0.6) is 11.5 Å². The Kier molecular flexibility index (Phi) is 5.66. The molecule has 0 unspecified atom stereocenters. The van der Waals surface area contributed by atoms with Crippen molar-refractivity contribution in [3.8, 4) is 11.5 Å². The molecule has 7 nitrogen and oxygen atoms in total. The predicted octanol–water partition coefficient (Wildman–Crippen LogP) is 4.51. The zero-order chi connectivity index (χ0) is 21.8. The molecule has 2 aromatic carbocycles. The third kappa shape index (κ3) is 3.98. The second kappa shape index (κ2) is 8.71. The minimum Gasteiger partial charge on any atom is -0.495 e. The first kappa shape index (κ1) is 20.2. The van der Waals surface area contributed by atoms with E-state index in [0.717, 1.165) is 5.56 Å². The largest absolute Gasteiger partial charge is 0.495 e. The third-order valence-electron chi connectivity index (χ3n) is 4.86. The summed E-state index contributed by atoms with van der Waals surface area (Å²) in [6.07, 6.45) is 3.21. The summed E-state index contributed by atoms with van der Waals surface area (Å²) in [6.45, 7) is 1.91. The first-order chi connectivity index (χ1) is 15.1. The number of hydrogen-bond donors (Lipinski definition) is 1. The molecular formula is C24H22N4O3. The summed E-state index contributed by atoms with van der Waals surface area (Å²) >= 11 is 0. The van der Waals surface area contributed by atoms with Gasteiger partial charge < -0.3 is 14.8 Å². The molecule has 31 heavy (non-hydrogen) atoms. The smallest absolute Gasteiger partial charge is 0.268 e. The lowest BCUT2D eigenvalue weighted by atomic mass is 10.2. The number of ether oxygens (including phenoxy) is 2. The Morgan fingerprint density at radius 1 is 0.968 bits per heavy atom. The van der Waals surface area contributed by atoms with Gasteiger partial charge in [0.05, 0.1) is 19.9 Å². The summed E-state index contributed by atoms with van der Waals surface area (Å²) in [5.41, 5.74) is 2.85. The van der Waals surface area contributed by atoms with Gasteiger partial charge in [0, 0.05) is 12.4 Å². The normalized spacial score (nSPS) is 11.1. The van der Waals surface area contributed by atoms with Crippen LogP contribution in [0, 0.1) is 6.92 Å². The van der Waals surface area contributed by atoms with E-state index in [9.17, 15) is 4.79 Å². The molecule has 0 radical (unpaired) electrons. The molecule has 7 heteroatoms. The monoisotopic (exact) mass is 414 g/mol. The topological polar surface area (TPSA) is 77.2 Å². The van der Waals surface area contributed by atoms with Crippen molar-refractivity contribution in [2.24, 2.45) is 4.99 Å². The Bertz CT molecular complexity index is 1330. The number of anilines is 2. The van der Waals surface area contributed by atoms with E-state index in [0.29, 0.717) is 39.9 Å². The zero-order valence-electron chi connectivity index (χ0n) is 17.5. The highest BCUT2D eigenvalue weighted by atomic mass is 16.5. The van der Waals surface area contributed by atoms with Gasteiger partial charge in [-0.1, -0.05) is 30.3 Å².